The van der Waals surface area contributed by atoms with E-state index in [0.717, 1.165) is 53.7 Å². The van der Waals surface area contributed by atoms with Crippen LogP contribution in [0.4, 0.5) is 0 Å². The number of phenols is 1. The highest BCUT2D eigenvalue weighted by Gasteiger charge is 2.13. The van der Waals surface area contributed by atoms with Crippen molar-refractivity contribution in [2.45, 2.75) is 33.7 Å². The zero-order chi connectivity index (χ0) is 19.2. The summed E-state index contributed by atoms with van der Waals surface area (Å²) in [6.07, 6.45) is 0.860. The number of aliphatic imine (C=N–C) groups is 1. The third kappa shape index (κ3) is 5.67. The van der Waals surface area contributed by atoms with Gasteiger partial charge in [0, 0.05) is 13.1 Å². The zero-order valence-electron chi connectivity index (χ0n) is 16.5. The van der Waals surface area contributed by atoms with Gasteiger partial charge >= 0.3 is 0 Å². The number of hydrogen-bond donors (Lipinski definition) is 3. The summed E-state index contributed by atoms with van der Waals surface area (Å²) in [4.78, 5) is 4.65. The maximum Gasteiger partial charge on any atom is 0.231 e. The fourth-order valence-electron chi connectivity index (χ4n) is 3.07. The minimum Gasteiger partial charge on any atom is -0.507 e. The van der Waals surface area contributed by atoms with Gasteiger partial charge in [-0.2, -0.15) is 0 Å². The molecule has 1 aliphatic rings. The number of nitrogens with one attached hydrogen (secondary N) is 2. The van der Waals surface area contributed by atoms with Crippen LogP contribution in [-0.4, -0.2) is 30.9 Å². The lowest BCUT2D eigenvalue weighted by Crippen LogP contribution is -2.38. The van der Waals surface area contributed by atoms with Gasteiger partial charge in [-0.3, -0.25) is 0 Å². The van der Waals surface area contributed by atoms with Crippen molar-refractivity contribution in [3.8, 4) is 17.2 Å². The van der Waals surface area contributed by atoms with Crippen LogP contribution in [0.15, 0.2) is 35.3 Å². The van der Waals surface area contributed by atoms with Gasteiger partial charge in [0.25, 0.3) is 0 Å². The van der Waals surface area contributed by atoms with Crippen LogP contribution in [0, 0.1) is 13.8 Å². The second-order valence-electron chi connectivity index (χ2n) is 6.64. The number of hydrogen-bond acceptors (Lipinski definition) is 4. The Morgan fingerprint density at radius 1 is 1.04 bits per heavy atom. The normalized spacial score (nSPS) is 12.5. The molecule has 3 rings (SSSR count). The van der Waals surface area contributed by atoms with E-state index >= 15 is 0 Å². The predicted octanol–water partition coefficient (Wildman–Crippen LogP) is 3.65. The Balaban J connectivity index is 0.00000280. The van der Waals surface area contributed by atoms with E-state index in [4.69, 9.17) is 9.47 Å². The molecule has 0 amide bonds. The summed E-state index contributed by atoms with van der Waals surface area (Å²) in [5.41, 5.74) is 4.02. The number of phenolic OH excluding ortho intramolecular Hbond substituents is 1. The number of aromatic hydroxyl groups is 1. The molecule has 0 fully saturated rings. The second kappa shape index (κ2) is 10.4. The molecule has 2 aromatic carbocycles. The summed E-state index contributed by atoms with van der Waals surface area (Å²) in [6, 6.07) is 9.98. The Bertz CT molecular complexity index is 817. The summed E-state index contributed by atoms with van der Waals surface area (Å²) >= 11 is 0. The molecule has 0 bridgehead atoms. The first-order valence-electron chi connectivity index (χ1n) is 9.26. The van der Waals surface area contributed by atoms with Crippen molar-refractivity contribution in [1.29, 1.82) is 0 Å². The van der Waals surface area contributed by atoms with Crippen LogP contribution in [0.3, 0.4) is 0 Å². The van der Waals surface area contributed by atoms with Gasteiger partial charge in [-0.25, -0.2) is 4.99 Å². The van der Waals surface area contributed by atoms with Crippen molar-refractivity contribution in [3.05, 3.63) is 52.6 Å². The molecule has 0 saturated carbocycles. The van der Waals surface area contributed by atoms with Crippen LogP contribution in [0.1, 0.15) is 29.2 Å². The number of ether oxygens (including phenoxy) is 2. The number of halogens is 1. The molecule has 6 nitrogen and oxygen atoms in total. The maximum absolute atomic E-state index is 9.90. The minimum absolute atomic E-state index is 0. The molecule has 3 N–H and O–H groups in total. The monoisotopic (exact) mass is 497 g/mol. The van der Waals surface area contributed by atoms with Gasteiger partial charge in [-0.1, -0.05) is 18.2 Å². The highest BCUT2D eigenvalue weighted by Crippen LogP contribution is 2.32. The molecule has 0 unspecified atom stereocenters. The highest BCUT2D eigenvalue weighted by molar-refractivity contribution is 14.0. The quantitative estimate of drug-likeness (QED) is 0.323. The van der Waals surface area contributed by atoms with Crippen LogP contribution in [0.25, 0.3) is 0 Å². The summed E-state index contributed by atoms with van der Waals surface area (Å²) < 4.78 is 10.8. The molecule has 0 atom stereocenters. The van der Waals surface area contributed by atoms with Gasteiger partial charge in [0.05, 0.1) is 6.54 Å². The van der Waals surface area contributed by atoms with Gasteiger partial charge in [0.15, 0.2) is 17.5 Å². The van der Waals surface area contributed by atoms with Gasteiger partial charge in [-0.15, -0.1) is 24.0 Å². The Morgan fingerprint density at radius 2 is 1.75 bits per heavy atom. The summed E-state index contributed by atoms with van der Waals surface area (Å²) in [5.74, 6) is 2.75. The third-order valence-corrected chi connectivity index (χ3v) is 4.46. The minimum atomic E-state index is 0. The smallest absolute Gasteiger partial charge is 0.231 e. The largest absolute Gasteiger partial charge is 0.507 e. The number of fused-ring (bicyclic) bond motifs is 1. The predicted molar refractivity (Wildman–Crippen MR) is 122 cm³/mol. The van der Waals surface area contributed by atoms with E-state index in [1.807, 2.05) is 45.0 Å². The van der Waals surface area contributed by atoms with Crippen molar-refractivity contribution >= 4 is 29.9 Å². The molecule has 0 spiro atoms. The van der Waals surface area contributed by atoms with E-state index < -0.39 is 0 Å². The van der Waals surface area contributed by atoms with Gasteiger partial charge in [0.2, 0.25) is 6.79 Å². The van der Waals surface area contributed by atoms with E-state index in [2.05, 4.69) is 21.7 Å². The van der Waals surface area contributed by atoms with E-state index in [9.17, 15) is 5.11 Å². The lowest BCUT2D eigenvalue weighted by atomic mass is 10.1. The first-order chi connectivity index (χ1) is 13.1. The van der Waals surface area contributed by atoms with E-state index in [1.165, 1.54) is 5.56 Å². The van der Waals surface area contributed by atoms with Crippen molar-refractivity contribution in [3.63, 3.8) is 0 Å². The lowest BCUT2D eigenvalue weighted by Gasteiger charge is -2.12. The number of aryl methyl sites for hydroxylation is 2. The Labute approximate surface area is 183 Å². The molecule has 1 heterocycles. The van der Waals surface area contributed by atoms with Crippen molar-refractivity contribution in [1.82, 2.24) is 10.6 Å². The molecule has 28 heavy (non-hydrogen) atoms. The topological polar surface area (TPSA) is 75.1 Å². The average Bonchev–Trinajstić information content (AvgIpc) is 3.12. The molecule has 0 radical (unpaired) electrons. The van der Waals surface area contributed by atoms with Crippen molar-refractivity contribution < 1.29 is 14.6 Å². The SMILES string of the molecule is CCNC(=NCc1cc(C)c(O)c(C)c1)NCCc1ccc2c(c1)OCO2.I. The first-order valence-corrected chi connectivity index (χ1v) is 9.26. The van der Waals surface area contributed by atoms with E-state index in [0.29, 0.717) is 19.1 Å². The molecular formula is C21H28IN3O3. The molecule has 0 aliphatic carbocycles. The standard InChI is InChI=1S/C21H27N3O3.HI/c1-4-22-21(24-12-17-9-14(2)20(25)15(3)10-17)23-8-7-16-5-6-18-19(11-16)27-13-26-18;/h5-6,9-11,25H,4,7-8,12-13H2,1-3H3,(H2,22,23,24);1H. The number of nitrogens with zero attached hydrogens (tertiary/aromatic N) is 1. The molecular weight excluding hydrogens is 469 g/mol. The molecule has 7 heteroatoms. The Kier molecular flexibility index (Phi) is 8.22. The number of guanidine groups is 1. The molecule has 1 aliphatic heterocycles. The maximum atomic E-state index is 9.90. The lowest BCUT2D eigenvalue weighted by molar-refractivity contribution is 0.174. The first kappa shape index (κ1) is 22.1. The Morgan fingerprint density at radius 3 is 2.46 bits per heavy atom. The fourth-order valence-corrected chi connectivity index (χ4v) is 3.07. The van der Waals surface area contributed by atoms with Gasteiger partial charge in [-0.05, 0) is 61.6 Å². The fraction of sp³-hybridized carbons (Fsp3) is 0.381. The molecule has 0 saturated heterocycles. The molecule has 0 aromatic heterocycles. The van der Waals surface area contributed by atoms with Crippen LogP contribution in [0.2, 0.25) is 0 Å². The van der Waals surface area contributed by atoms with E-state index in [1.54, 1.807) is 0 Å². The van der Waals surface area contributed by atoms with Crippen LogP contribution >= 0.6 is 24.0 Å². The molecule has 2 aromatic rings. The zero-order valence-corrected chi connectivity index (χ0v) is 18.9. The molecule has 152 valence electrons. The summed E-state index contributed by atoms with van der Waals surface area (Å²) in [7, 11) is 0. The third-order valence-electron chi connectivity index (χ3n) is 4.46. The van der Waals surface area contributed by atoms with Crippen LogP contribution in [-0.2, 0) is 13.0 Å². The number of rotatable bonds is 6. The van der Waals surface area contributed by atoms with Gasteiger partial charge < -0.3 is 25.2 Å². The second-order valence-corrected chi connectivity index (χ2v) is 6.64. The van der Waals surface area contributed by atoms with E-state index in [-0.39, 0.29) is 24.0 Å². The van der Waals surface area contributed by atoms with Crippen LogP contribution < -0.4 is 20.1 Å². The van der Waals surface area contributed by atoms with Crippen molar-refractivity contribution in [2.24, 2.45) is 4.99 Å². The summed E-state index contributed by atoms with van der Waals surface area (Å²) in [5, 5.41) is 16.5. The number of benzene rings is 2. The highest BCUT2D eigenvalue weighted by atomic mass is 127. The van der Waals surface area contributed by atoms with Crippen LogP contribution in [0.5, 0.6) is 17.2 Å². The average molecular weight is 497 g/mol. The Hall–Kier alpha value is -2.16. The van der Waals surface area contributed by atoms with Crippen molar-refractivity contribution in [2.75, 3.05) is 19.9 Å². The van der Waals surface area contributed by atoms with Gasteiger partial charge in [0.1, 0.15) is 5.75 Å². The summed E-state index contributed by atoms with van der Waals surface area (Å²) in [6.45, 7) is 8.27.